The van der Waals surface area contributed by atoms with Gasteiger partial charge in [0.15, 0.2) is 8.68 Å². The van der Waals surface area contributed by atoms with Crippen molar-refractivity contribution in [2.24, 2.45) is 0 Å². The van der Waals surface area contributed by atoms with Crippen LogP contribution in [0.4, 0.5) is 5.69 Å². The fourth-order valence-electron chi connectivity index (χ4n) is 1.64. The van der Waals surface area contributed by atoms with Crippen LogP contribution in [0.25, 0.3) is 0 Å². The summed E-state index contributed by atoms with van der Waals surface area (Å²) in [5.74, 6) is -0.533. The van der Waals surface area contributed by atoms with E-state index < -0.39 is 16.0 Å². The second-order valence-electron chi connectivity index (χ2n) is 4.01. The van der Waals surface area contributed by atoms with Crippen LogP contribution in [-0.2, 0) is 14.8 Å². The van der Waals surface area contributed by atoms with Gasteiger partial charge in [0.25, 0.3) is 10.0 Å². The molecule has 21 heavy (non-hydrogen) atoms. The number of benzene rings is 1. The maximum atomic E-state index is 12.2. The Hall–Kier alpha value is -1.64. The highest BCUT2D eigenvalue weighted by Crippen LogP contribution is 2.27. The molecule has 1 aromatic heterocycles. The number of anilines is 1. The maximum Gasteiger partial charge on any atom is 0.338 e. The number of carbonyl (C=O) groups is 1. The topological polar surface area (TPSA) is 85.4 Å². The van der Waals surface area contributed by atoms with Crippen molar-refractivity contribution in [3.05, 3.63) is 40.0 Å². The van der Waals surface area contributed by atoms with Gasteiger partial charge in [0, 0.05) is 0 Å². The molecular formula is C12H11ClN2O4S2. The summed E-state index contributed by atoms with van der Waals surface area (Å²) in [6, 6.07) is 4.68. The molecule has 0 fully saturated rings. The number of sulfonamides is 1. The van der Waals surface area contributed by atoms with E-state index in [1.165, 1.54) is 13.3 Å². The minimum absolute atomic E-state index is 0.00429. The smallest absolute Gasteiger partial charge is 0.338 e. The Morgan fingerprint density at radius 2 is 2.14 bits per heavy atom. The summed E-state index contributed by atoms with van der Waals surface area (Å²) in [5.41, 5.74) is 1.06. The first-order valence-electron chi connectivity index (χ1n) is 5.67. The van der Waals surface area contributed by atoms with Gasteiger partial charge >= 0.3 is 5.97 Å². The zero-order chi connectivity index (χ0) is 15.6. The van der Waals surface area contributed by atoms with Crippen LogP contribution in [0.1, 0.15) is 15.9 Å². The lowest BCUT2D eigenvalue weighted by molar-refractivity contribution is 0.0600. The molecule has 0 atom stereocenters. The van der Waals surface area contributed by atoms with Gasteiger partial charge in [-0.3, -0.25) is 4.72 Å². The van der Waals surface area contributed by atoms with E-state index in [2.05, 4.69) is 14.4 Å². The summed E-state index contributed by atoms with van der Waals surface area (Å²) >= 11 is 6.49. The molecule has 0 aliphatic carbocycles. The zero-order valence-corrected chi connectivity index (χ0v) is 13.5. The van der Waals surface area contributed by atoms with Crippen molar-refractivity contribution in [1.82, 2.24) is 4.98 Å². The molecule has 2 rings (SSSR count). The molecule has 0 amide bonds. The molecular weight excluding hydrogens is 336 g/mol. The van der Waals surface area contributed by atoms with Crippen molar-refractivity contribution in [2.75, 3.05) is 11.8 Å². The summed E-state index contributed by atoms with van der Waals surface area (Å²) in [6.07, 6.45) is 1.18. The number of methoxy groups -OCH3 is 1. The summed E-state index contributed by atoms with van der Waals surface area (Å²) in [6.45, 7) is 1.63. The average molecular weight is 347 g/mol. The molecule has 112 valence electrons. The molecule has 1 aromatic carbocycles. The van der Waals surface area contributed by atoms with Crippen molar-refractivity contribution in [3.63, 3.8) is 0 Å². The number of aromatic nitrogens is 1. The van der Waals surface area contributed by atoms with E-state index in [1.807, 2.05) is 0 Å². The highest BCUT2D eigenvalue weighted by molar-refractivity contribution is 7.94. The minimum atomic E-state index is -3.79. The Bertz CT molecular complexity index is 786. The van der Waals surface area contributed by atoms with Gasteiger partial charge in [-0.05, 0) is 24.6 Å². The largest absolute Gasteiger partial charge is 0.465 e. The Labute approximate surface area is 130 Å². The zero-order valence-electron chi connectivity index (χ0n) is 11.1. The van der Waals surface area contributed by atoms with Crippen molar-refractivity contribution < 1.29 is 17.9 Å². The molecule has 6 nitrogen and oxygen atoms in total. The lowest BCUT2D eigenvalue weighted by atomic mass is 10.1. The van der Waals surface area contributed by atoms with Crippen molar-refractivity contribution in [2.45, 2.75) is 11.1 Å². The predicted octanol–water partition coefficient (Wildman–Crippen LogP) is 2.69. The Morgan fingerprint density at radius 1 is 1.43 bits per heavy atom. The van der Waals surface area contributed by atoms with Crippen molar-refractivity contribution in [1.29, 1.82) is 0 Å². The van der Waals surface area contributed by atoms with E-state index in [9.17, 15) is 13.2 Å². The summed E-state index contributed by atoms with van der Waals surface area (Å²) in [5, 5.41) is 0. The van der Waals surface area contributed by atoms with Gasteiger partial charge in [-0.2, -0.15) is 0 Å². The molecule has 1 heterocycles. The van der Waals surface area contributed by atoms with Crippen LogP contribution < -0.4 is 4.72 Å². The van der Waals surface area contributed by atoms with Gasteiger partial charge in [0.2, 0.25) is 0 Å². The van der Waals surface area contributed by atoms with Crippen LogP contribution >= 0.6 is 22.9 Å². The molecule has 0 aliphatic heterocycles. The highest BCUT2D eigenvalue weighted by Gasteiger charge is 2.20. The van der Waals surface area contributed by atoms with Crippen LogP contribution in [0.5, 0.6) is 0 Å². The first-order chi connectivity index (χ1) is 9.85. The van der Waals surface area contributed by atoms with E-state index in [4.69, 9.17) is 11.6 Å². The second-order valence-corrected chi connectivity index (χ2v) is 7.53. The monoisotopic (exact) mass is 346 g/mol. The minimum Gasteiger partial charge on any atom is -0.465 e. The predicted molar refractivity (Wildman–Crippen MR) is 80.5 cm³/mol. The molecule has 0 unspecified atom stereocenters. The number of nitrogens with zero attached hydrogens (tertiary/aromatic N) is 1. The van der Waals surface area contributed by atoms with Gasteiger partial charge in [0.1, 0.15) is 0 Å². The molecule has 0 bridgehead atoms. The first-order valence-corrected chi connectivity index (χ1v) is 8.35. The number of ether oxygens (including phenoxy) is 1. The van der Waals surface area contributed by atoms with Crippen LogP contribution in [-0.4, -0.2) is 26.5 Å². The highest BCUT2D eigenvalue weighted by atomic mass is 35.5. The number of thiazole rings is 1. The number of rotatable bonds is 4. The molecule has 0 radical (unpaired) electrons. The van der Waals surface area contributed by atoms with E-state index in [1.54, 1.807) is 25.1 Å². The number of halogens is 1. The lowest BCUT2D eigenvalue weighted by Crippen LogP contribution is -2.14. The van der Waals surface area contributed by atoms with Crippen molar-refractivity contribution in [3.8, 4) is 0 Å². The molecule has 0 saturated heterocycles. The van der Waals surface area contributed by atoms with E-state index >= 15 is 0 Å². The van der Waals surface area contributed by atoms with Gasteiger partial charge in [-0.25, -0.2) is 18.2 Å². The summed E-state index contributed by atoms with van der Waals surface area (Å²) < 4.78 is 31.6. The standard InChI is InChI=1S/C12H11ClN2O4S2/c1-7-8(11(16)19-2)4-3-5-9(7)15-21(17,18)10-6-14-12(13)20-10/h3-6,15H,1-2H3. The fourth-order valence-corrected chi connectivity index (χ4v) is 4.05. The second kappa shape index (κ2) is 6.00. The quantitative estimate of drug-likeness (QED) is 0.860. The van der Waals surface area contributed by atoms with Crippen LogP contribution in [0, 0.1) is 6.92 Å². The number of hydrogen-bond donors (Lipinski definition) is 1. The number of carbonyl (C=O) groups excluding carboxylic acids is 1. The molecule has 0 aliphatic rings. The van der Waals surface area contributed by atoms with Crippen LogP contribution in [0.2, 0.25) is 4.47 Å². The molecule has 2 aromatic rings. The Balaban J connectivity index is 2.38. The third-order valence-electron chi connectivity index (χ3n) is 2.70. The normalized spacial score (nSPS) is 11.2. The number of hydrogen-bond acceptors (Lipinski definition) is 6. The van der Waals surface area contributed by atoms with Gasteiger partial charge in [-0.1, -0.05) is 29.0 Å². The maximum absolute atomic E-state index is 12.2. The lowest BCUT2D eigenvalue weighted by Gasteiger charge is -2.11. The molecule has 1 N–H and O–H groups in total. The van der Waals surface area contributed by atoms with Gasteiger partial charge in [0.05, 0.1) is 24.6 Å². The third kappa shape index (κ3) is 3.34. The van der Waals surface area contributed by atoms with E-state index in [0.29, 0.717) is 16.8 Å². The number of nitrogens with one attached hydrogen (secondary N) is 1. The van der Waals surface area contributed by atoms with Gasteiger partial charge in [-0.15, -0.1) is 0 Å². The fraction of sp³-hybridized carbons (Fsp3) is 0.167. The Kier molecular flexibility index (Phi) is 4.50. The Morgan fingerprint density at radius 3 is 2.71 bits per heavy atom. The van der Waals surface area contributed by atoms with Crippen LogP contribution in [0.15, 0.2) is 28.6 Å². The first kappa shape index (κ1) is 15.7. The number of esters is 1. The molecule has 0 spiro atoms. The van der Waals surface area contributed by atoms with E-state index in [-0.39, 0.29) is 8.68 Å². The van der Waals surface area contributed by atoms with Gasteiger partial charge < -0.3 is 4.74 Å². The molecule has 9 heteroatoms. The van der Waals surface area contributed by atoms with Crippen molar-refractivity contribution >= 4 is 44.6 Å². The summed E-state index contributed by atoms with van der Waals surface area (Å²) in [7, 11) is -2.53. The SMILES string of the molecule is COC(=O)c1cccc(NS(=O)(=O)c2cnc(Cl)s2)c1C. The summed E-state index contributed by atoms with van der Waals surface area (Å²) in [4.78, 5) is 15.3. The third-order valence-corrected chi connectivity index (χ3v) is 5.65. The van der Waals surface area contributed by atoms with Crippen LogP contribution in [0.3, 0.4) is 0 Å². The van der Waals surface area contributed by atoms with E-state index in [0.717, 1.165) is 11.3 Å². The molecule has 0 saturated carbocycles. The average Bonchev–Trinajstić information content (AvgIpc) is 2.88.